The maximum atomic E-state index is 13.0. The molecule has 1 aromatic carbocycles. The van der Waals surface area contributed by atoms with Crippen molar-refractivity contribution < 1.29 is 33.1 Å². The van der Waals surface area contributed by atoms with E-state index in [1.54, 1.807) is 30.3 Å². The largest absolute Gasteiger partial charge is 0.503 e. The summed E-state index contributed by atoms with van der Waals surface area (Å²) in [5, 5.41) is 10.6. The van der Waals surface area contributed by atoms with Crippen LogP contribution < -0.4 is 0 Å². The Kier molecular flexibility index (Phi) is 4.97. The number of ether oxygens (including phenoxy) is 1. The molecule has 0 spiro atoms. The van der Waals surface area contributed by atoms with Crippen molar-refractivity contribution in [2.24, 2.45) is 0 Å². The number of Topliss-reactive ketones (excluding diaryl/α,β-unsaturated/α-hetero) is 1. The van der Waals surface area contributed by atoms with E-state index in [0.717, 1.165) is 0 Å². The van der Waals surface area contributed by atoms with Crippen LogP contribution in [0, 0.1) is 0 Å². The molecular formula is C22H17NO7. The first-order valence-corrected chi connectivity index (χ1v) is 9.04. The van der Waals surface area contributed by atoms with Gasteiger partial charge < -0.3 is 23.6 Å². The van der Waals surface area contributed by atoms with Gasteiger partial charge in [0.05, 0.1) is 43.4 Å². The number of aliphatic hydroxyl groups is 1. The Labute approximate surface area is 171 Å². The molecule has 0 saturated heterocycles. The van der Waals surface area contributed by atoms with Crippen molar-refractivity contribution in [1.82, 2.24) is 4.90 Å². The lowest BCUT2D eigenvalue weighted by molar-refractivity contribution is -0.130. The molecule has 30 heavy (non-hydrogen) atoms. The first kappa shape index (κ1) is 19.3. The molecule has 0 radical (unpaired) electrons. The lowest BCUT2D eigenvalue weighted by Gasteiger charge is -2.26. The molecule has 8 heteroatoms. The molecule has 0 aliphatic carbocycles. The molecule has 3 heterocycles. The van der Waals surface area contributed by atoms with Gasteiger partial charge >= 0.3 is 5.97 Å². The number of ketones is 1. The highest BCUT2D eigenvalue weighted by molar-refractivity contribution is 6.15. The van der Waals surface area contributed by atoms with Crippen LogP contribution in [0.4, 0.5) is 0 Å². The van der Waals surface area contributed by atoms with Gasteiger partial charge in [-0.25, -0.2) is 4.79 Å². The fraction of sp³-hybridized carbons (Fsp3) is 0.136. The second-order valence-corrected chi connectivity index (χ2v) is 6.60. The zero-order valence-electron chi connectivity index (χ0n) is 15.9. The summed E-state index contributed by atoms with van der Waals surface area (Å²) in [5.74, 6) is -1.98. The van der Waals surface area contributed by atoms with Crippen LogP contribution in [0.25, 0.3) is 0 Å². The molecular weight excluding hydrogens is 390 g/mol. The molecule has 1 aliphatic heterocycles. The Morgan fingerprint density at radius 3 is 2.37 bits per heavy atom. The highest BCUT2D eigenvalue weighted by atomic mass is 16.5. The van der Waals surface area contributed by atoms with Crippen molar-refractivity contribution >= 4 is 17.7 Å². The number of esters is 1. The Morgan fingerprint density at radius 2 is 1.77 bits per heavy atom. The summed E-state index contributed by atoms with van der Waals surface area (Å²) in [6, 6.07) is 11.7. The third-order valence-electron chi connectivity index (χ3n) is 4.85. The molecule has 0 fully saturated rings. The molecule has 8 nitrogen and oxygen atoms in total. The Bertz CT molecular complexity index is 1110. The maximum Gasteiger partial charge on any atom is 0.337 e. The second kappa shape index (κ2) is 7.75. The minimum Gasteiger partial charge on any atom is -0.503 e. The van der Waals surface area contributed by atoms with E-state index in [1.165, 1.54) is 42.7 Å². The van der Waals surface area contributed by atoms with Crippen LogP contribution >= 0.6 is 0 Å². The van der Waals surface area contributed by atoms with Gasteiger partial charge in [0.25, 0.3) is 5.91 Å². The van der Waals surface area contributed by atoms with E-state index in [2.05, 4.69) is 0 Å². The van der Waals surface area contributed by atoms with Gasteiger partial charge in [0.1, 0.15) is 5.76 Å². The molecule has 1 amide bonds. The predicted molar refractivity (Wildman–Crippen MR) is 102 cm³/mol. The van der Waals surface area contributed by atoms with E-state index in [-0.39, 0.29) is 17.9 Å². The molecule has 4 rings (SSSR count). The number of furan rings is 2. The zero-order valence-corrected chi connectivity index (χ0v) is 15.9. The number of hydrogen-bond acceptors (Lipinski definition) is 7. The highest BCUT2D eigenvalue weighted by Gasteiger charge is 2.44. The van der Waals surface area contributed by atoms with E-state index in [1.807, 2.05) is 0 Å². The van der Waals surface area contributed by atoms with E-state index in [4.69, 9.17) is 13.6 Å². The molecule has 152 valence electrons. The second-order valence-electron chi connectivity index (χ2n) is 6.60. The van der Waals surface area contributed by atoms with E-state index in [9.17, 15) is 19.5 Å². The number of rotatable bonds is 6. The van der Waals surface area contributed by atoms with Crippen molar-refractivity contribution in [1.29, 1.82) is 0 Å². The van der Waals surface area contributed by atoms with Crippen molar-refractivity contribution in [2.45, 2.75) is 12.6 Å². The van der Waals surface area contributed by atoms with Crippen LogP contribution in [0.1, 0.15) is 38.3 Å². The van der Waals surface area contributed by atoms with Gasteiger partial charge in [-0.05, 0) is 42.0 Å². The average molecular weight is 407 g/mol. The standard InChI is InChI=1S/C22H17NO7/c1-28-22(27)14-8-6-13(7-9-14)18-17(19(24)16-5-3-11-30-16)20(25)21(26)23(18)12-15-4-2-10-29-15/h2-11,18,25H,12H2,1H3. The summed E-state index contributed by atoms with van der Waals surface area (Å²) in [6.07, 6.45) is 2.81. The topological polar surface area (TPSA) is 110 Å². The lowest BCUT2D eigenvalue weighted by Crippen LogP contribution is -2.30. The van der Waals surface area contributed by atoms with Crippen molar-refractivity contribution in [3.8, 4) is 0 Å². The Balaban J connectivity index is 1.78. The SMILES string of the molecule is COC(=O)c1ccc(C2C(C(=O)c3ccco3)=C(O)C(=O)N2Cc2ccco2)cc1. The van der Waals surface area contributed by atoms with E-state index in [0.29, 0.717) is 16.9 Å². The Morgan fingerprint density at radius 1 is 1.07 bits per heavy atom. The third-order valence-corrected chi connectivity index (χ3v) is 4.85. The molecule has 1 aliphatic rings. The van der Waals surface area contributed by atoms with Gasteiger partial charge in [-0.2, -0.15) is 0 Å². The molecule has 0 saturated carbocycles. The number of hydrogen-bond donors (Lipinski definition) is 1. The summed E-state index contributed by atoms with van der Waals surface area (Å²) in [7, 11) is 1.28. The number of carbonyl (C=O) groups is 3. The lowest BCUT2D eigenvalue weighted by atomic mass is 9.94. The average Bonchev–Trinajstić information content (AvgIpc) is 3.52. The van der Waals surface area contributed by atoms with Crippen LogP contribution in [0.15, 0.2) is 81.2 Å². The van der Waals surface area contributed by atoms with Crippen molar-refractivity contribution in [3.05, 3.63) is 95.0 Å². The number of aliphatic hydroxyl groups excluding tert-OH is 1. The normalized spacial score (nSPS) is 16.2. The molecule has 0 bridgehead atoms. The summed E-state index contributed by atoms with van der Waals surface area (Å²) < 4.78 is 15.2. The molecule has 3 aromatic rings. The summed E-state index contributed by atoms with van der Waals surface area (Å²) in [4.78, 5) is 38.9. The van der Waals surface area contributed by atoms with Crippen LogP contribution in [-0.2, 0) is 16.1 Å². The number of carbonyl (C=O) groups excluding carboxylic acids is 3. The fourth-order valence-corrected chi connectivity index (χ4v) is 3.43. The number of nitrogens with zero attached hydrogens (tertiary/aromatic N) is 1. The van der Waals surface area contributed by atoms with E-state index >= 15 is 0 Å². The Hall–Kier alpha value is -4.07. The summed E-state index contributed by atoms with van der Waals surface area (Å²) in [5.41, 5.74) is 0.740. The van der Waals surface area contributed by atoms with Gasteiger partial charge in [0.2, 0.25) is 5.78 Å². The zero-order chi connectivity index (χ0) is 21.3. The van der Waals surface area contributed by atoms with Crippen molar-refractivity contribution in [3.63, 3.8) is 0 Å². The molecule has 2 aromatic heterocycles. The van der Waals surface area contributed by atoms with Gasteiger partial charge in [0, 0.05) is 0 Å². The van der Waals surface area contributed by atoms with E-state index < -0.39 is 29.5 Å². The van der Waals surface area contributed by atoms with Gasteiger partial charge in [-0.15, -0.1) is 0 Å². The van der Waals surface area contributed by atoms with Gasteiger partial charge in [-0.1, -0.05) is 12.1 Å². The maximum absolute atomic E-state index is 13.0. The number of amides is 1. The summed E-state index contributed by atoms with van der Waals surface area (Å²) >= 11 is 0. The van der Waals surface area contributed by atoms with Crippen LogP contribution in [0.3, 0.4) is 0 Å². The predicted octanol–water partition coefficient (Wildman–Crippen LogP) is 3.44. The molecule has 1 unspecified atom stereocenters. The van der Waals surface area contributed by atoms with Crippen LogP contribution in [0.5, 0.6) is 0 Å². The van der Waals surface area contributed by atoms with Crippen LogP contribution in [0.2, 0.25) is 0 Å². The first-order valence-electron chi connectivity index (χ1n) is 9.04. The number of methoxy groups -OCH3 is 1. The van der Waals surface area contributed by atoms with Crippen molar-refractivity contribution in [2.75, 3.05) is 7.11 Å². The van der Waals surface area contributed by atoms with Crippen LogP contribution in [-0.4, -0.2) is 34.8 Å². The van der Waals surface area contributed by atoms with Gasteiger partial charge in [0.15, 0.2) is 11.5 Å². The fourth-order valence-electron chi connectivity index (χ4n) is 3.43. The smallest absolute Gasteiger partial charge is 0.337 e. The number of benzene rings is 1. The first-order chi connectivity index (χ1) is 14.5. The monoisotopic (exact) mass is 407 g/mol. The minimum atomic E-state index is -0.896. The minimum absolute atomic E-state index is 0.000351. The summed E-state index contributed by atoms with van der Waals surface area (Å²) in [6.45, 7) is 0.0360. The quantitative estimate of drug-likeness (QED) is 0.492. The highest BCUT2D eigenvalue weighted by Crippen LogP contribution is 2.40. The molecule has 1 atom stereocenters. The third kappa shape index (κ3) is 3.28. The molecule has 1 N–H and O–H groups in total. The van der Waals surface area contributed by atoms with Gasteiger partial charge in [-0.3, -0.25) is 9.59 Å².